The molecule has 2 aromatic heterocycles. The fourth-order valence-corrected chi connectivity index (χ4v) is 3.34. The molecule has 0 saturated carbocycles. The van der Waals surface area contributed by atoms with Crippen molar-refractivity contribution in [3.63, 3.8) is 0 Å². The van der Waals surface area contributed by atoms with E-state index >= 15 is 0 Å². The molecule has 0 fully saturated rings. The van der Waals surface area contributed by atoms with Gasteiger partial charge in [0, 0.05) is 10.9 Å². The highest BCUT2D eigenvalue weighted by atomic mass is 35.5. The van der Waals surface area contributed by atoms with E-state index in [-0.39, 0.29) is 18.2 Å². The van der Waals surface area contributed by atoms with Crippen LogP contribution in [-0.2, 0) is 0 Å². The van der Waals surface area contributed by atoms with E-state index in [0.717, 1.165) is 20.3 Å². The Morgan fingerprint density at radius 1 is 1.56 bits per heavy atom. The topological polar surface area (TPSA) is 62.8 Å². The summed E-state index contributed by atoms with van der Waals surface area (Å²) in [6, 6.07) is 2.04. The monoisotopic (exact) mass is 291 g/mol. The van der Waals surface area contributed by atoms with Gasteiger partial charge < -0.3 is 5.73 Å². The molecular formula is C9H10ClN3S3. The zero-order valence-electron chi connectivity index (χ0n) is 8.39. The fourth-order valence-electron chi connectivity index (χ4n) is 1.20. The summed E-state index contributed by atoms with van der Waals surface area (Å²) in [6.07, 6.45) is 2.01. The van der Waals surface area contributed by atoms with Crippen LogP contribution >= 0.6 is 46.8 Å². The number of thiazole rings is 1. The lowest BCUT2D eigenvalue weighted by Gasteiger charge is -1.96. The Hall–Kier alpha value is -0.560. The molecule has 0 spiro atoms. The van der Waals surface area contributed by atoms with Gasteiger partial charge >= 0.3 is 0 Å². The third-order valence-electron chi connectivity index (χ3n) is 1.86. The van der Waals surface area contributed by atoms with Crippen LogP contribution in [0.2, 0.25) is 0 Å². The Morgan fingerprint density at radius 3 is 2.81 bits per heavy atom. The fraction of sp³-hybridized carbons (Fsp3) is 0.111. The molecule has 0 aliphatic rings. The van der Waals surface area contributed by atoms with Crippen molar-refractivity contribution >= 4 is 52.7 Å². The van der Waals surface area contributed by atoms with Crippen LogP contribution in [0, 0.1) is 5.41 Å². The number of rotatable bonds is 3. The van der Waals surface area contributed by atoms with Gasteiger partial charge in [-0.05, 0) is 12.3 Å². The van der Waals surface area contributed by atoms with Crippen molar-refractivity contribution in [1.29, 1.82) is 5.41 Å². The summed E-state index contributed by atoms with van der Waals surface area (Å²) >= 11 is 4.75. The summed E-state index contributed by atoms with van der Waals surface area (Å²) in [5.41, 5.74) is 9.21. The zero-order chi connectivity index (χ0) is 10.8. The second-order valence-corrected chi connectivity index (χ2v) is 5.68. The van der Waals surface area contributed by atoms with Gasteiger partial charge in [-0.2, -0.15) is 0 Å². The van der Waals surface area contributed by atoms with Crippen LogP contribution in [0.1, 0.15) is 4.88 Å². The maximum atomic E-state index is 7.52. The number of thiophene rings is 1. The minimum absolute atomic E-state index is 0. The maximum Gasteiger partial charge on any atom is 0.133 e. The van der Waals surface area contributed by atoms with Gasteiger partial charge in [0.1, 0.15) is 5.84 Å². The van der Waals surface area contributed by atoms with E-state index in [4.69, 9.17) is 11.1 Å². The van der Waals surface area contributed by atoms with Crippen molar-refractivity contribution in [3.8, 4) is 11.3 Å². The molecule has 0 unspecified atom stereocenters. The molecule has 0 atom stereocenters. The third-order valence-corrected chi connectivity index (χ3v) is 4.68. The first-order chi connectivity index (χ1) is 7.22. The highest BCUT2D eigenvalue weighted by Crippen LogP contribution is 2.35. The number of hydrogen-bond donors (Lipinski definition) is 2. The SMILES string of the molecule is CSc1cc(-c2cscn2)c(C(=N)N)s1.Cl. The van der Waals surface area contributed by atoms with Crippen LogP contribution in [0.3, 0.4) is 0 Å². The molecule has 16 heavy (non-hydrogen) atoms. The molecule has 0 amide bonds. The van der Waals surface area contributed by atoms with E-state index < -0.39 is 0 Å². The maximum absolute atomic E-state index is 7.52. The minimum Gasteiger partial charge on any atom is -0.383 e. The van der Waals surface area contributed by atoms with E-state index in [1.165, 1.54) is 0 Å². The molecular weight excluding hydrogens is 282 g/mol. The minimum atomic E-state index is 0. The molecule has 0 aliphatic carbocycles. The van der Waals surface area contributed by atoms with Gasteiger partial charge in [-0.25, -0.2) is 4.98 Å². The smallest absolute Gasteiger partial charge is 0.133 e. The van der Waals surface area contributed by atoms with Gasteiger partial charge in [-0.1, -0.05) is 0 Å². The first kappa shape index (κ1) is 13.5. The molecule has 86 valence electrons. The van der Waals surface area contributed by atoms with Crippen LogP contribution in [-0.4, -0.2) is 17.1 Å². The summed E-state index contributed by atoms with van der Waals surface area (Å²) in [7, 11) is 0. The number of nitrogens with two attached hydrogens (primary N) is 1. The Morgan fingerprint density at radius 2 is 2.31 bits per heavy atom. The predicted octanol–water partition coefficient (Wildman–Crippen LogP) is 3.30. The average molecular weight is 292 g/mol. The number of nitrogens with one attached hydrogen (secondary N) is 1. The number of hydrogen-bond acceptors (Lipinski definition) is 5. The highest BCUT2D eigenvalue weighted by molar-refractivity contribution is 8.00. The van der Waals surface area contributed by atoms with Crippen molar-refractivity contribution < 1.29 is 0 Å². The first-order valence-electron chi connectivity index (χ1n) is 4.13. The quantitative estimate of drug-likeness (QED) is 0.518. The second-order valence-electron chi connectivity index (χ2n) is 2.80. The van der Waals surface area contributed by atoms with E-state index in [0.29, 0.717) is 0 Å². The molecule has 0 aromatic carbocycles. The lowest BCUT2D eigenvalue weighted by atomic mass is 10.2. The predicted molar refractivity (Wildman–Crippen MR) is 75.5 cm³/mol. The van der Waals surface area contributed by atoms with Crippen molar-refractivity contribution in [2.75, 3.05) is 6.26 Å². The average Bonchev–Trinajstić information content (AvgIpc) is 2.86. The van der Waals surface area contributed by atoms with Crippen LogP contribution in [0.25, 0.3) is 11.3 Å². The van der Waals surface area contributed by atoms with Crippen LogP contribution in [0.4, 0.5) is 0 Å². The molecule has 0 saturated heterocycles. The summed E-state index contributed by atoms with van der Waals surface area (Å²) in [5, 5.41) is 9.49. The van der Waals surface area contributed by atoms with Gasteiger partial charge in [-0.15, -0.1) is 46.8 Å². The molecule has 3 nitrogen and oxygen atoms in total. The molecule has 0 aliphatic heterocycles. The van der Waals surface area contributed by atoms with Gasteiger partial charge in [-0.3, -0.25) is 5.41 Å². The Kier molecular flexibility index (Phi) is 4.79. The lowest BCUT2D eigenvalue weighted by molar-refractivity contribution is 1.40. The van der Waals surface area contributed by atoms with E-state index in [9.17, 15) is 0 Å². The molecule has 7 heteroatoms. The number of nitrogen functional groups attached to an aromatic ring is 1. The van der Waals surface area contributed by atoms with Gasteiger partial charge in [0.25, 0.3) is 0 Å². The summed E-state index contributed by atoms with van der Waals surface area (Å²) in [4.78, 5) is 5.05. The van der Waals surface area contributed by atoms with Crippen molar-refractivity contribution in [2.45, 2.75) is 4.21 Å². The largest absolute Gasteiger partial charge is 0.383 e. The molecule has 2 aromatic rings. The molecule has 3 N–H and O–H groups in total. The summed E-state index contributed by atoms with van der Waals surface area (Å²) in [6.45, 7) is 0. The number of halogens is 1. The third kappa shape index (κ3) is 2.57. The van der Waals surface area contributed by atoms with Crippen LogP contribution < -0.4 is 5.73 Å². The summed E-state index contributed by atoms with van der Waals surface area (Å²) in [5.74, 6) is 0.114. The van der Waals surface area contributed by atoms with E-state index in [1.807, 2.05) is 17.7 Å². The molecule has 2 heterocycles. The number of nitrogens with zero attached hydrogens (tertiary/aromatic N) is 1. The van der Waals surface area contributed by atoms with Crippen molar-refractivity contribution in [1.82, 2.24) is 4.98 Å². The number of amidine groups is 1. The van der Waals surface area contributed by atoms with E-state index in [2.05, 4.69) is 4.98 Å². The number of aromatic nitrogens is 1. The Balaban J connectivity index is 0.00000128. The van der Waals surface area contributed by atoms with Gasteiger partial charge in [0.05, 0.1) is 20.3 Å². The molecule has 0 bridgehead atoms. The highest BCUT2D eigenvalue weighted by Gasteiger charge is 2.14. The second kappa shape index (κ2) is 5.67. The molecule has 2 rings (SSSR count). The first-order valence-corrected chi connectivity index (χ1v) is 7.11. The molecule has 0 radical (unpaired) electrons. The van der Waals surface area contributed by atoms with E-state index in [1.54, 1.807) is 39.9 Å². The van der Waals surface area contributed by atoms with Crippen LogP contribution in [0.5, 0.6) is 0 Å². The Labute approximate surface area is 112 Å². The van der Waals surface area contributed by atoms with Gasteiger partial charge in [0.15, 0.2) is 0 Å². The van der Waals surface area contributed by atoms with Crippen LogP contribution in [0.15, 0.2) is 21.2 Å². The van der Waals surface area contributed by atoms with Crippen molar-refractivity contribution in [3.05, 3.63) is 21.8 Å². The standard InChI is InChI=1S/C9H9N3S3.ClH/c1-13-7-2-5(6-3-14-4-12-6)8(15-7)9(10)11;/h2-4H,1H3,(H3,10,11);1H. The van der Waals surface area contributed by atoms with Gasteiger partial charge in [0.2, 0.25) is 0 Å². The number of thioether (sulfide) groups is 1. The summed E-state index contributed by atoms with van der Waals surface area (Å²) < 4.78 is 1.16. The normalized spacial score (nSPS) is 9.81. The van der Waals surface area contributed by atoms with Crippen molar-refractivity contribution in [2.24, 2.45) is 5.73 Å². The zero-order valence-corrected chi connectivity index (χ0v) is 11.7. The lowest BCUT2D eigenvalue weighted by Crippen LogP contribution is -2.09. The Bertz CT molecular complexity index is 478.